The van der Waals surface area contributed by atoms with Crippen LogP contribution in [0.3, 0.4) is 0 Å². The van der Waals surface area contributed by atoms with Gasteiger partial charge in [-0.05, 0) is 61.4 Å². The number of sulfonamides is 1. The number of anilines is 1. The molecule has 0 aliphatic heterocycles. The van der Waals surface area contributed by atoms with E-state index in [1.807, 2.05) is 0 Å². The highest BCUT2D eigenvalue weighted by Crippen LogP contribution is 2.30. The Hall–Kier alpha value is -3.27. The number of halogens is 2. The molecule has 0 heterocycles. The lowest BCUT2D eigenvalue weighted by Gasteiger charge is -2.33. The maximum Gasteiger partial charge on any atom is 0.264 e. The fraction of sp³-hybridized carbons (Fsp3) is 0.286. The summed E-state index contributed by atoms with van der Waals surface area (Å²) in [4.78, 5) is 28.3. The third kappa shape index (κ3) is 7.65. The first-order valence-electron chi connectivity index (χ1n) is 12.3. The monoisotopic (exact) mass is 591 g/mol. The predicted molar refractivity (Wildman–Crippen MR) is 154 cm³/mol. The molecule has 3 aromatic rings. The van der Waals surface area contributed by atoms with Gasteiger partial charge in [0.15, 0.2) is 0 Å². The molecule has 0 saturated heterocycles. The van der Waals surface area contributed by atoms with Crippen LogP contribution in [0.5, 0.6) is 5.75 Å². The number of rotatable bonds is 12. The SMILES string of the molecule is CCNC(=O)[C@@H](CC)N(Cc1ccc(OC)cc1)C(=O)CN(c1cc(Cl)cc(Cl)c1)S(=O)(=O)c1ccccc1. The van der Waals surface area contributed by atoms with Crippen LogP contribution in [0.15, 0.2) is 77.7 Å². The Balaban J connectivity index is 2.07. The van der Waals surface area contributed by atoms with Crippen molar-refractivity contribution in [3.8, 4) is 5.75 Å². The van der Waals surface area contributed by atoms with E-state index in [0.29, 0.717) is 18.7 Å². The summed E-state index contributed by atoms with van der Waals surface area (Å²) in [6.07, 6.45) is 0.322. The minimum absolute atomic E-state index is 0.00799. The number of carbonyl (C=O) groups excluding carboxylic acids is 2. The molecule has 39 heavy (non-hydrogen) atoms. The number of benzene rings is 3. The van der Waals surface area contributed by atoms with Gasteiger partial charge in [0.2, 0.25) is 11.8 Å². The molecule has 3 rings (SSSR count). The van der Waals surface area contributed by atoms with E-state index in [4.69, 9.17) is 27.9 Å². The second kappa shape index (κ2) is 13.7. The number of methoxy groups -OCH3 is 1. The molecular formula is C28H31Cl2N3O5S. The van der Waals surface area contributed by atoms with E-state index in [0.717, 1.165) is 9.87 Å². The summed E-state index contributed by atoms with van der Waals surface area (Å²) >= 11 is 12.4. The highest BCUT2D eigenvalue weighted by atomic mass is 35.5. The average Bonchev–Trinajstić information content (AvgIpc) is 2.91. The van der Waals surface area contributed by atoms with Crippen molar-refractivity contribution < 1.29 is 22.7 Å². The van der Waals surface area contributed by atoms with Crippen LogP contribution >= 0.6 is 23.2 Å². The van der Waals surface area contributed by atoms with Gasteiger partial charge in [0.1, 0.15) is 18.3 Å². The molecular weight excluding hydrogens is 561 g/mol. The number of hydrogen-bond acceptors (Lipinski definition) is 5. The molecule has 0 fully saturated rings. The number of likely N-dealkylation sites (N-methyl/N-ethyl adjacent to an activating group) is 1. The normalized spacial score (nSPS) is 11.9. The molecule has 0 saturated carbocycles. The summed E-state index contributed by atoms with van der Waals surface area (Å²) in [5.74, 6) is -0.255. The Kier molecular flexibility index (Phi) is 10.6. The second-order valence-electron chi connectivity index (χ2n) is 8.64. The molecule has 0 bridgehead atoms. The van der Waals surface area contributed by atoms with Gasteiger partial charge in [-0.2, -0.15) is 0 Å². The molecule has 0 aliphatic carbocycles. The lowest BCUT2D eigenvalue weighted by Crippen LogP contribution is -2.52. The summed E-state index contributed by atoms with van der Waals surface area (Å²) < 4.78 is 33.8. The van der Waals surface area contributed by atoms with Gasteiger partial charge in [0.05, 0.1) is 17.7 Å². The van der Waals surface area contributed by atoms with Crippen molar-refractivity contribution >= 4 is 50.7 Å². The number of nitrogens with one attached hydrogen (secondary N) is 1. The number of nitrogens with zero attached hydrogens (tertiary/aromatic N) is 2. The lowest BCUT2D eigenvalue weighted by atomic mass is 10.1. The molecule has 0 aromatic heterocycles. The van der Waals surface area contributed by atoms with Crippen LogP contribution in [0.2, 0.25) is 10.0 Å². The largest absolute Gasteiger partial charge is 0.497 e. The van der Waals surface area contributed by atoms with Gasteiger partial charge in [0.25, 0.3) is 10.0 Å². The van der Waals surface area contributed by atoms with Crippen molar-refractivity contribution in [1.82, 2.24) is 10.2 Å². The Bertz CT molecular complexity index is 1370. The van der Waals surface area contributed by atoms with Gasteiger partial charge in [-0.15, -0.1) is 0 Å². The van der Waals surface area contributed by atoms with Crippen LogP contribution in [-0.4, -0.2) is 51.4 Å². The summed E-state index contributed by atoms with van der Waals surface area (Å²) in [6.45, 7) is 3.46. The molecule has 2 amide bonds. The molecule has 0 spiro atoms. The highest BCUT2D eigenvalue weighted by Gasteiger charge is 2.33. The molecule has 0 aliphatic rings. The van der Waals surface area contributed by atoms with E-state index in [-0.39, 0.29) is 33.1 Å². The summed E-state index contributed by atoms with van der Waals surface area (Å²) in [6, 6.07) is 18.4. The molecule has 8 nitrogen and oxygen atoms in total. The van der Waals surface area contributed by atoms with Crippen molar-refractivity contribution in [2.75, 3.05) is 24.5 Å². The first-order valence-corrected chi connectivity index (χ1v) is 14.5. The third-order valence-corrected chi connectivity index (χ3v) is 8.22. The van der Waals surface area contributed by atoms with E-state index in [2.05, 4.69) is 5.32 Å². The van der Waals surface area contributed by atoms with Crippen molar-refractivity contribution in [1.29, 1.82) is 0 Å². The van der Waals surface area contributed by atoms with Crippen molar-refractivity contribution in [2.24, 2.45) is 0 Å². The maximum absolute atomic E-state index is 14.0. The first-order chi connectivity index (χ1) is 18.6. The zero-order chi connectivity index (χ0) is 28.6. The molecule has 3 aromatic carbocycles. The Morgan fingerprint density at radius 1 is 0.949 bits per heavy atom. The fourth-order valence-electron chi connectivity index (χ4n) is 4.07. The molecule has 1 N–H and O–H groups in total. The molecule has 0 unspecified atom stereocenters. The standard InChI is InChI=1S/C28H31Cl2N3O5S/c1-4-26(28(35)31-5-2)32(18-20-11-13-24(38-3)14-12-20)27(34)19-33(23-16-21(29)15-22(30)17-23)39(36,37)25-9-7-6-8-10-25/h6-17,26H,4-5,18-19H2,1-3H3,(H,31,35)/t26-/m1/s1. The smallest absolute Gasteiger partial charge is 0.264 e. The maximum atomic E-state index is 14.0. The minimum Gasteiger partial charge on any atom is -0.497 e. The number of carbonyl (C=O) groups is 2. The molecule has 11 heteroatoms. The Morgan fingerprint density at radius 3 is 2.10 bits per heavy atom. The van der Waals surface area contributed by atoms with Crippen LogP contribution in [0.1, 0.15) is 25.8 Å². The van der Waals surface area contributed by atoms with Crippen LogP contribution < -0.4 is 14.4 Å². The molecule has 208 valence electrons. The summed E-state index contributed by atoms with van der Waals surface area (Å²) in [5.41, 5.74) is 0.871. The van der Waals surface area contributed by atoms with Gasteiger partial charge in [0, 0.05) is 23.1 Å². The Labute approximate surface area is 239 Å². The summed E-state index contributed by atoms with van der Waals surface area (Å²) in [5, 5.41) is 3.19. The highest BCUT2D eigenvalue weighted by molar-refractivity contribution is 7.92. The first kappa shape index (κ1) is 30.3. The lowest BCUT2D eigenvalue weighted by molar-refractivity contribution is -0.140. The molecule has 0 radical (unpaired) electrons. The van der Waals surface area contributed by atoms with Crippen molar-refractivity contribution in [2.45, 2.75) is 37.8 Å². The topological polar surface area (TPSA) is 96.0 Å². The van der Waals surface area contributed by atoms with Crippen molar-refractivity contribution in [3.05, 3.63) is 88.4 Å². The predicted octanol–water partition coefficient (Wildman–Crippen LogP) is 5.14. The number of hydrogen-bond donors (Lipinski definition) is 1. The fourth-order valence-corrected chi connectivity index (χ4v) is 6.00. The van der Waals surface area contributed by atoms with Crippen LogP contribution in [0, 0.1) is 0 Å². The van der Waals surface area contributed by atoms with E-state index >= 15 is 0 Å². The van der Waals surface area contributed by atoms with Crippen LogP contribution in [0.4, 0.5) is 5.69 Å². The minimum atomic E-state index is -4.21. The van der Waals surface area contributed by atoms with E-state index < -0.39 is 28.5 Å². The summed E-state index contributed by atoms with van der Waals surface area (Å²) in [7, 11) is -2.66. The van der Waals surface area contributed by atoms with E-state index in [9.17, 15) is 18.0 Å². The van der Waals surface area contributed by atoms with Gasteiger partial charge in [-0.3, -0.25) is 13.9 Å². The average molecular weight is 593 g/mol. The molecule has 1 atom stereocenters. The zero-order valence-electron chi connectivity index (χ0n) is 21.9. The van der Waals surface area contributed by atoms with Crippen LogP contribution in [0.25, 0.3) is 0 Å². The quantitative estimate of drug-likeness (QED) is 0.314. The number of amides is 2. The second-order valence-corrected chi connectivity index (χ2v) is 11.4. The van der Waals surface area contributed by atoms with E-state index in [1.54, 1.807) is 63.4 Å². The van der Waals surface area contributed by atoms with Gasteiger partial charge in [-0.1, -0.05) is 60.5 Å². The van der Waals surface area contributed by atoms with Crippen LogP contribution in [-0.2, 0) is 26.2 Å². The third-order valence-electron chi connectivity index (χ3n) is 5.99. The zero-order valence-corrected chi connectivity index (χ0v) is 24.3. The van der Waals surface area contributed by atoms with Gasteiger partial charge >= 0.3 is 0 Å². The van der Waals surface area contributed by atoms with E-state index in [1.165, 1.54) is 35.2 Å². The number of ether oxygens (including phenoxy) is 1. The van der Waals surface area contributed by atoms with Gasteiger partial charge < -0.3 is 15.0 Å². The Morgan fingerprint density at radius 2 is 1.56 bits per heavy atom. The van der Waals surface area contributed by atoms with Gasteiger partial charge in [-0.25, -0.2) is 8.42 Å². The van der Waals surface area contributed by atoms with Crippen molar-refractivity contribution in [3.63, 3.8) is 0 Å².